The predicted octanol–water partition coefficient (Wildman–Crippen LogP) is 3.12. The largest absolute Gasteiger partial charge is 0.487 e. The zero-order valence-electron chi connectivity index (χ0n) is 20.2. The number of piperazine rings is 1. The molecule has 1 aromatic carbocycles. The second kappa shape index (κ2) is 9.05. The fraction of sp³-hybridized carbons (Fsp3) is 0.423. The lowest BCUT2D eigenvalue weighted by Crippen LogP contribution is -2.57. The van der Waals surface area contributed by atoms with Crippen LogP contribution in [0.15, 0.2) is 36.9 Å². The van der Waals surface area contributed by atoms with E-state index in [4.69, 9.17) is 16.3 Å². The Labute approximate surface area is 213 Å². The number of carbonyl (C=O) groups is 2. The van der Waals surface area contributed by atoms with E-state index in [9.17, 15) is 14.7 Å². The molecule has 1 unspecified atom stereocenters. The van der Waals surface area contributed by atoms with Gasteiger partial charge in [-0.25, -0.2) is 9.37 Å². The van der Waals surface area contributed by atoms with Crippen LogP contribution in [0.25, 0.3) is 11.3 Å². The van der Waals surface area contributed by atoms with Crippen LogP contribution in [-0.4, -0.2) is 82.2 Å². The van der Waals surface area contributed by atoms with E-state index in [1.165, 1.54) is 6.08 Å². The fourth-order valence-electron chi connectivity index (χ4n) is 5.39. The number of aromatic nitrogens is 1. The summed E-state index contributed by atoms with van der Waals surface area (Å²) in [5.41, 5.74) is -0.171. The molecule has 2 saturated heterocycles. The Morgan fingerprint density at radius 2 is 2.06 bits per heavy atom. The molecule has 0 saturated carbocycles. The van der Waals surface area contributed by atoms with Crippen molar-refractivity contribution in [3.63, 3.8) is 0 Å². The Hall–Kier alpha value is -3.17. The molecule has 0 radical (unpaired) electrons. The first-order valence-electron chi connectivity index (χ1n) is 11.9. The van der Waals surface area contributed by atoms with Gasteiger partial charge in [-0.05, 0) is 32.4 Å². The van der Waals surface area contributed by atoms with Crippen molar-refractivity contribution in [3.05, 3.63) is 53.3 Å². The van der Waals surface area contributed by atoms with Gasteiger partial charge in [0.15, 0.2) is 11.6 Å². The smallest absolute Gasteiger partial charge is 0.262 e. The first-order chi connectivity index (χ1) is 17.1. The molecule has 4 heterocycles. The Balaban J connectivity index is 1.68. The molecule has 8 nitrogen and oxygen atoms in total. The van der Waals surface area contributed by atoms with Gasteiger partial charge in [0.25, 0.3) is 5.91 Å². The van der Waals surface area contributed by atoms with Gasteiger partial charge in [-0.2, -0.15) is 0 Å². The van der Waals surface area contributed by atoms with E-state index in [1.54, 1.807) is 34.1 Å². The number of carbonyl (C=O) groups excluding carboxylic acids is 2. The highest BCUT2D eigenvalue weighted by Gasteiger charge is 2.45. The monoisotopic (exact) mass is 514 g/mol. The average Bonchev–Trinajstić information content (AvgIpc) is 3.04. The van der Waals surface area contributed by atoms with Crippen LogP contribution in [0.1, 0.15) is 30.6 Å². The van der Waals surface area contributed by atoms with Gasteiger partial charge in [0.05, 0.1) is 17.2 Å². The predicted molar refractivity (Wildman–Crippen MR) is 134 cm³/mol. The van der Waals surface area contributed by atoms with Crippen molar-refractivity contribution in [2.45, 2.75) is 38.0 Å². The lowest BCUT2D eigenvalue weighted by molar-refractivity contribution is -0.128. The first-order valence-corrected chi connectivity index (χ1v) is 12.3. The maximum Gasteiger partial charge on any atom is 0.262 e. The Bertz CT molecular complexity index is 1250. The Kier molecular flexibility index (Phi) is 6.16. The van der Waals surface area contributed by atoms with Gasteiger partial charge in [-0.15, -0.1) is 0 Å². The average molecular weight is 515 g/mol. The van der Waals surface area contributed by atoms with E-state index >= 15 is 4.39 Å². The van der Waals surface area contributed by atoms with E-state index in [-0.39, 0.29) is 55.0 Å². The molecule has 190 valence electrons. The molecular weight excluding hydrogens is 487 g/mol. The number of pyridine rings is 1. The minimum atomic E-state index is -0.772. The zero-order valence-corrected chi connectivity index (χ0v) is 21.0. The number of aliphatic hydroxyl groups excluding tert-OH is 1. The third-order valence-corrected chi connectivity index (χ3v) is 7.51. The summed E-state index contributed by atoms with van der Waals surface area (Å²) in [5.74, 6) is -1.36. The molecular formula is C26H28ClFN4O4. The summed E-state index contributed by atoms with van der Waals surface area (Å²) in [7, 11) is 0. The number of β-amino-alcohol motifs (C(OH)–C–C–N with tert-alkyl or cyclic N) is 1. The number of amides is 2. The second-order valence-corrected chi connectivity index (χ2v) is 10.4. The van der Waals surface area contributed by atoms with Crippen molar-refractivity contribution < 1.29 is 23.8 Å². The summed E-state index contributed by atoms with van der Waals surface area (Å²) in [6.07, 6.45) is 1.07. The highest BCUT2D eigenvalue weighted by atomic mass is 35.5. The quantitative estimate of drug-likeness (QED) is 0.633. The van der Waals surface area contributed by atoms with Crippen molar-refractivity contribution in [2.24, 2.45) is 0 Å². The van der Waals surface area contributed by atoms with Crippen LogP contribution in [0.2, 0.25) is 5.02 Å². The van der Waals surface area contributed by atoms with Crippen molar-refractivity contribution in [2.75, 3.05) is 37.7 Å². The number of hydrogen-bond donors (Lipinski definition) is 1. The number of aliphatic hydroxyl groups is 1. The van der Waals surface area contributed by atoms with Crippen molar-refractivity contribution in [3.8, 4) is 17.0 Å². The third-order valence-electron chi connectivity index (χ3n) is 7.18. The number of hydrogen-bond acceptors (Lipinski definition) is 6. The summed E-state index contributed by atoms with van der Waals surface area (Å²) in [6.45, 7) is 8.52. The minimum absolute atomic E-state index is 0.00795. The Morgan fingerprint density at radius 3 is 2.72 bits per heavy atom. The zero-order chi connectivity index (χ0) is 25.8. The van der Waals surface area contributed by atoms with Gasteiger partial charge in [-0.3, -0.25) is 9.59 Å². The van der Waals surface area contributed by atoms with Crippen LogP contribution < -0.4 is 9.64 Å². The van der Waals surface area contributed by atoms with Crippen LogP contribution in [-0.2, 0) is 4.79 Å². The molecule has 36 heavy (non-hydrogen) atoms. The van der Waals surface area contributed by atoms with Crippen LogP contribution in [0.5, 0.6) is 5.75 Å². The normalized spacial score (nSPS) is 23.0. The second-order valence-electron chi connectivity index (χ2n) is 10.0. The molecule has 2 fully saturated rings. The number of benzene rings is 1. The van der Waals surface area contributed by atoms with E-state index in [1.807, 2.05) is 18.7 Å². The summed E-state index contributed by atoms with van der Waals surface area (Å²) < 4.78 is 22.1. The number of nitrogens with zero attached hydrogens (tertiary/aromatic N) is 4. The highest BCUT2D eigenvalue weighted by Crippen LogP contribution is 2.44. The fourth-order valence-corrected chi connectivity index (χ4v) is 5.61. The van der Waals surface area contributed by atoms with Crippen molar-refractivity contribution >= 4 is 29.2 Å². The van der Waals surface area contributed by atoms with Gasteiger partial charge in [0.1, 0.15) is 23.7 Å². The van der Waals surface area contributed by atoms with E-state index < -0.39 is 29.4 Å². The minimum Gasteiger partial charge on any atom is -0.487 e. The number of fused-ring (bicyclic) bond motifs is 2. The third kappa shape index (κ3) is 4.00. The molecule has 0 bridgehead atoms. The molecule has 1 N–H and O–H groups in total. The standard InChI is InChI=1S/C26H28ClFN4O4/c1-4-19(34)30-9-10-31-15(12-30)14-36-23-20(25(31)35)24(32-13-16(33)11-26(32,2)3)29-22(21(23)28)17-7-5-6-8-18(17)27/h4-8,15-16,33H,1,9-14H2,2-3H3/t15-,16?/m1/s1. The molecule has 10 heteroatoms. The highest BCUT2D eigenvalue weighted by molar-refractivity contribution is 6.33. The summed E-state index contributed by atoms with van der Waals surface area (Å²) in [6, 6.07) is 6.31. The number of ether oxygens (including phenoxy) is 1. The van der Waals surface area contributed by atoms with Crippen LogP contribution in [0, 0.1) is 5.82 Å². The number of rotatable bonds is 3. The SMILES string of the molecule is C=CC(=O)N1CCN2C(=O)c3c(N4CC(O)CC4(C)C)nc(-c4ccccc4Cl)c(F)c3OC[C@H]2C1. The van der Waals surface area contributed by atoms with Crippen molar-refractivity contribution in [1.29, 1.82) is 0 Å². The van der Waals surface area contributed by atoms with Crippen LogP contribution in [0.3, 0.4) is 0 Å². The topological polar surface area (TPSA) is 86.2 Å². The summed E-state index contributed by atoms with van der Waals surface area (Å²) >= 11 is 6.40. The maximum atomic E-state index is 16.1. The summed E-state index contributed by atoms with van der Waals surface area (Å²) in [4.78, 5) is 35.9. The molecule has 2 amide bonds. The summed E-state index contributed by atoms with van der Waals surface area (Å²) in [5, 5.41) is 10.8. The van der Waals surface area contributed by atoms with Gasteiger partial charge in [0.2, 0.25) is 5.91 Å². The van der Waals surface area contributed by atoms with E-state index in [0.717, 1.165) is 0 Å². The van der Waals surface area contributed by atoms with Gasteiger partial charge >= 0.3 is 0 Å². The lowest BCUT2D eigenvalue weighted by Gasteiger charge is -2.40. The number of halogens is 2. The molecule has 2 atom stereocenters. The van der Waals surface area contributed by atoms with Gasteiger partial charge in [-0.1, -0.05) is 36.4 Å². The first kappa shape index (κ1) is 24.5. The molecule has 5 rings (SSSR count). The van der Waals surface area contributed by atoms with Gasteiger partial charge < -0.3 is 24.5 Å². The van der Waals surface area contributed by atoms with E-state index in [0.29, 0.717) is 23.6 Å². The van der Waals surface area contributed by atoms with Crippen LogP contribution >= 0.6 is 11.6 Å². The molecule has 0 aliphatic carbocycles. The molecule has 1 aromatic heterocycles. The maximum absolute atomic E-state index is 16.1. The lowest BCUT2D eigenvalue weighted by atomic mass is 10.00. The number of anilines is 1. The van der Waals surface area contributed by atoms with Crippen molar-refractivity contribution in [1.82, 2.24) is 14.8 Å². The Morgan fingerprint density at radius 1 is 1.31 bits per heavy atom. The molecule has 3 aliphatic rings. The molecule has 3 aliphatic heterocycles. The van der Waals surface area contributed by atoms with Crippen LogP contribution in [0.4, 0.5) is 10.2 Å². The van der Waals surface area contributed by atoms with Gasteiger partial charge in [0, 0.05) is 37.3 Å². The van der Waals surface area contributed by atoms with E-state index in [2.05, 4.69) is 11.6 Å². The molecule has 2 aromatic rings. The molecule has 0 spiro atoms.